The molecule has 1 heterocycles. The van der Waals surface area contributed by atoms with Gasteiger partial charge in [-0.05, 0) is 17.7 Å². The van der Waals surface area contributed by atoms with Crippen LogP contribution in [0.3, 0.4) is 0 Å². The molecule has 0 saturated heterocycles. The lowest BCUT2D eigenvalue weighted by atomic mass is 10.1. The van der Waals surface area contributed by atoms with Crippen molar-refractivity contribution >= 4 is 0 Å². The van der Waals surface area contributed by atoms with Gasteiger partial charge in [-0.15, -0.1) is 0 Å². The maximum atomic E-state index is 5.50. The Morgan fingerprint density at radius 3 is 2.73 bits per heavy atom. The highest BCUT2D eigenvalue weighted by molar-refractivity contribution is 5.44. The van der Waals surface area contributed by atoms with Crippen LogP contribution in [-0.4, -0.2) is 26.9 Å². The molecule has 0 fully saturated rings. The molecule has 0 spiro atoms. The standard InChI is InChI=1S/C11H15NO3/c1-13-11(7-12)8-2-3-9-10(6-8)15-5-4-14-9/h2-3,6,11H,4-5,7,12H2,1H3/p+1/t11-/m1/s1. The topological polar surface area (TPSA) is 55.3 Å². The molecule has 0 amide bonds. The monoisotopic (exact) mass is 210 g/mol. The first kappa shape index (κ1) is 10.3. The van der Waals surface area contributed by atoms with Crippen molar-refractivity contribution in [1.82, 2.24) is 0 Å². The van der Waals surface area contributed by atoms with Gasteiger partial charge in [0.1, 0.15) is 25.9 Å². The second kappa shape index (κ2) is 4.51. The van der Waals surface area contributed by atoms with Crippen molar-refractivity contribution in [3.05, 3.63) is 23.8 Å². The molecule has 0 aliphatic carbocycles. The minimum atomic E-state index is 0.0285. The average Bonchev–Trinajstić information content (AvgIpc) is 2.30. The zero-order valence-corrected chi connectivity index (χ0v) is 8.86. The van der Waals surface area contributed by atoms with Gasteiger partial charge in [0.25, 0.3) is 0 Å². The van der Waals surface area contributed by atoms with E-state index in [1.165, 1.54) is 0 Å². The van der Waals surface area contributed by atoms with Gasteiger partial charge in [-0.2, -0.15) is 0 Å². The lowest BCUT2D eigenvalue weighted by Gasteiger charge is -2.20. The Balaban J connectivity index is 2.27. The van der Waals surface area contributed by atoms with Gasteiger partial charge in [-0.1, -0.05) is 6.07 Å². The van der Waals surface area contributed by atoms with Gasteiger partial charge in [-0.25, -0.2) is 0 Å². The zero-order chi connectivity index (χ0) is 10.7. The van der Waals surface area contributed by atoms with Crippen LogP contribution in [0.15, 0.2) is 18.2 Å². The largest absolute Gasteiger partial charge is 0.486 e. The first-order valence-corrected chi connectivity index (χ1v) is 5.06. The third-order valence-electron chi connectivity index (χ3n) is 2.48. The Kier molecular flexibility index (Phi) is 3.08. The van der Waals surface area contributed by atoms with Crippen LogP contribution in [0, 0.1) is 0 Å². The molecule has 4 nitrogen and oxygen atoms in total. The van der Waals surface area contributed by atoms with Gasteiger partial charge in [0.2, 0.25) is 0 Å². The summed E-state index contributed by atoms with van der Waals surface area (Å²) in [6.45, 7) is 1.93. The molecule has 4 heteroatoms. The Bertz CT molecular complexity index is 337. The lowest BCUT2D eigenvalue weighted by molar-refractivity contribution is -0.386. The van der Waals surface area contributed by atoms with Crippen molar-refractivity contribution in [1.29, 1.82) is 0 Å². The molecule has 82 valence electrons. The molecule has 0 bridgehead atoms. The van der Waals surface area contributed by atoms with Crippen molar-refractivity contribution < 1.29 is 19.9 Å². The van der Waals surface area contributed by atoms with E-state index in [0.29, 0.717) is 19.8 Å². The normalized spacial score (nSPS) is 16.1. The van der Waals surface area contributed by atoms with Gasteiger partial charge in [-0.3, -0.25) is 0 Å². The van der Waals surface area contributed by atoms with E-state index in [1.54, 1.807) is 7.11 Å². The molecule has 0 saturated carbocycles. The number of fused-ring (bicyclic) bond motifs is 1. The van der Waals surface area contributed by atoms with Crippen LogP contribution in [0.25, 0.3) is 0 Å². The molecule has 15 heavy (non-hydrogen) atoms. The highest BCUT2D eigenvalue weighted by Crippen LogP contribution is 2.32. The van der Waals surface area contributed by atoms with E-state index in [-0.39, 0.29) is 6.10 Å². The van der Waals surface area contributed by atoms with Crippen LogP contribution in [0.4, 0.5) is 0 Å². The number of quaternary nitrogens is 1. The minimum Gasteiger partial charge on any atom is -0.486 e. The average molecular weight is 210 g/mol. The highest BCUT2D eigenvalue weighted by atomic mass is 16.6. The second-order valence-corrected chi connectivity index (χ2v) is 3.42. The number of rotatable bonds is 3. The fourth-order valence-corrected chi connectivity index (χ4v) is 1.68. The first-order chi connectivity index (χ1) is 7.35. The first-order valence-electron chi connectivity index (χ1n) is 5.06. The number of benzene rings is 1. The molecule has 3 N–H and O–H groups in total. The van der Waals surface area contributed by atoms with E-state index in [1.807, 2.05) is 18.2 Å². The van der Waals surface area contributed by atoms with Crippen molar-refractivity contribution in [3.63, 3.8) is 0 Å². The summed E-state index contributed by atoms with van der Waals surface area (Å²) in [7, 11) is 1.69. The van der Waals surface area contributed by atoms with Gasteiger partial charge >= 0.3 is 0 Å². The van der Waals surface area contributed by atoms with Crippen LogP contribution in [-0.2, 0) is 4.74 Å². The summed E-state index contributed by atoms with van der Waals surface area (Å²) in [4.78, 5) is 0. The third kappa shape index (κ3) is 2.06. The molecule has 1 aliphatic rings. The molecule has 1 aromatic carbocycles. The molecule has 0 aromatic heterocycles. The van der Waals surface area contributed by atoms with Gasteiger partial charge < -0.3 is 19.9 Å². The SMILES string of the molecule is CO[C@H](C[NH3+])c1ccc2c(c1)OCCO2. The van der Waals surface area contributed by atoms with Gasteiger partial charge in [0, 0.05) is 7.11 Å². The summed E-state index contributed by atoms with van der Waals surface area (Å²) in [6.07, 6.45) is 0.0285. The Hall–Kier alpha value is -1.26. The molecular formula is C11H16NO3+. The number of hydrogen-bond acceptors (Lipinski definition) is 3. The summed E-state index contributed by atoms with van der Waals surface area (Å²) in [5.41, 5.74) is 4.93. The summed E-state index contributed by atoms with van der Waals surface area (Å²) >= 11 is 0. The molecule has 0 unspecified atom stereocenters. The minimum absolute atomic E-state index is 0.0285. The van der Waals surface area contributed by atoms with E-state index >= 15 is 0 Å². The molecule has 1 atom stereocenters. The fourth-order valence-electron chi connectivity index (χ4n) is 1.68. The molecule has 0 radical (unpaired) electrons. The highest BCUT2D eigenvalue weighted by Gasteiger charge is 2.16. The van der Waals surface area contributed by atoms with Gasteiger partial charge in [0.05, 0.1) is 0 Å². The van der Waals surface area contributed by atoms with E-state index in [0.717, 1.165) is 17.1 Å². The predicted octanol–water partition coefficient (Wildman–Crippen LogP) is 0.387. The predicted molar refractivity (Wildman–Crippen MR) is 54.9 cm³/mol. The number of ether oxygens (including phenoxy) is 3. The van der Waals surface area contributed by atoms with Crippen molar-refractivity contribution in [3.8, 4) is 11.5 Å². The third-order valence-corrected chi connectivity index (χ3v) is 2.48. The van der Waals surface area contributed by atoms with Crippen molar-refractivity contribution in [2.45, 2.75) is 6.10 Å². The second-order valence-electron chi connectivity index (χ2n) is 3.42. The van der Waals surface area contributed by atoms with Crippen LogP contribution < -0.4 is 15.2 Å². The molecular weight excluding hydrogens is 194 g/mol. The molecule has 2 rings (SSSR count). The Labute approximate surface area is 88.9 Å². The zero-order valence-electron chi connectivity index (χ0n) is 8.86. The Morgan fingerprint density at radius 2 is 2.07 bits per heavy atom. The summed E-state index contributed by atoms with van der Waals surface area (Å²) in [5.74, 6) is 1.61. The molecule has 1 aromatic rings. The number of methoxy groups -OCH3 is 1. The summed E-state index contributed by atoms with van der Waals surface area (Å²) in [6, 6.07) is 5.88. The van der Waals surface area contributed by atoms with Crippen molar-refractivity contribution in [2.24, 2.45) is 0 Å². The van der Waals surface area contributed by atoms with Crippen LogP contribution in [0.2, 0.25) is 0 Å². The van der Waals surface area contributed by atoms with E-state index < -0.39 is 0 Å². The van der Waals surface area contributed by atoms with Gasteiger partial charge in [0.15, 0.2) is 11.5 Å². The summed E-state index contributed by atoms with van der Waals surface area (Å²) in [5, 5.41) is 0. The number of hydrogen-bond donors (Lipinski definition) is 1. The lowest BCUT2D eigenvalue weighted by Crippen LogP contribution is -2.53. The summed E-state index contributed by atoms with van der Waals surface area (Å²) < 4.78 is 16.3. The Morgan fingerprint density at radius 1 is 1.33 bits per heavy atom. The molecule has 1 aliphatic heterocycles. The smallest absolute Gasteiger partial charge is 0.161 e. The van der Waals surface area contributed by atoms with E-state index in [9.17, 15) is 0 Å². The van der Waals surface area contributed by atoms with Crippen LogP contribution in [0.1, 0.15) is 11.7 Å². The maximum absolute atomic E-state index is 5.50. The quantitative estimate of drug-likeness (QED) is 0.785. The van der Waals surface area contributed by atoms with Crippen LogP contribution >= 0.6 is 0 Å². The van der Waals surface area contributed by atoms with Crippen LogP contribution in [0.5, 0.6) is 11.5 Å². The fraction of sp³-hybridized carbons (Fsp3) is 0.455. The van der Waals surface area contributed by atoms with E-state index in [4.69, 9.17) is 14.2 Å². The van der Waals surface area contributed by atoms with Crippen molar-refractivity contribution in [2.75, 3.05) is 26.9 Å². The maximum Gasteiger partial charge on any atom is 0.161 e. The van der Waals surface area contributed by atoms with E-state index in [2.05, 4.69) is 5.73 Å².